The summed E-state index contributed by atoms with van der Waals surface area (Å²) in [6, 6.07) is 11.3. The first-order valence-corrected chi connectivity index (χ1v) is 10.3. The van der Waals surface area contributed by atoms with Crippen LogP contribution >= 0.6 is 11.3 Å². The number of imide groups is 1. The Morgan fingerprint density at radius 1 is 1.04 bits per heavy atom. The van der Waals surface area contributed by atoms with E-state index in [2.05, 4.69) is 4.90 Å². The quantitative estimate of drug-likeness (QED) is 0.782. The normalized spacial score (nSPS) is 18.5. The number of anilines is 1. The molecule has 1 fully saturated rings. The van der Waals surface area contributed by atoms with Gasteiger partial charge in [-0.2, -0.15) is 0 Å². The van der Waals surface area contributed by atoms with Gasteiger partial charge in [-0.3, -0.25) is 14.5 Å². The lowest BCUT2D eigenvalue weighted by Gasteiger charge is -2.36. The molecule has 0 saturated carbocycles. The number of hydrogen-bond acceptors (Lipinski definition) is 6. The summed E-state index contributed by atoms with van der Waals surface area (Å²) in [5.74, 6) is -0.513. The number of benzene rings is 1. The number of carbonyl (C=O) groups excluding carboxylic acids is 2. The average molecular weight is 398 g/mol. The first kappa shape index (κ1) is 18.9. The topological polar surface area (TPSA) is 64.1 Å². The maximum atomic E-state index is 13.4. The smallest absolute Gasteiger partial charge is 0.282 e. The molecule has 1 saturated heterocycles. The van der Waals surface area contributed by atoms with Crippen LogP contribution in [0.3, 0.4) is 0 Å². The summed E-state index contributed by atoms with van der Waals surface area (Å²) in [7, 11) is 0. The van der Waals surface area contributed by atoms with Crippen LogP contribution < -0.4 is 4.90 Å². The number of aliphatic hydroxyl groups is 1. The van der Waals surface area contributed by atoms with Gasteiger partial charge in [0, 0.05) is 37.6 Å². The monoisotopic (exact) mass is 397 g/mol. The van der Waals surface area contributed by atoms with Crippen LogP contribution in [0.4, 0.5) is 5.69 Å². The van der Waals surface area contributed by atoms with E-state index in [1.165, 1.54) is 16.2 Å². The second kappa shape index (κ2) is 7.87. The minimum atomic E-state index is -0.258. The van der Waals surface area contributed by atoms with Crippen molar-refractivity contribution in [3.63, 3.8) is 0 Å². The fourth-order valence-corrected chi connectivity index (χ4v) is 4.56. The van der Waals surface area contributed by atoms with Crippen LogP contribution in [-0.4, -0.2) is 66.1 Å². The van der Waals surface area contributed by atoms with Crippen molar-refractivity contribution in [2.45, 2.75) is 6.92 Å². The zero-order chi connectivity index (χ0) is 19.7. The lowest BCUT2D eigenvalue weighted by Crippen LogP contribution is -2.48. The van der Waals surface area contributed by atoms with E-state index in [0.717, 1.165) is 23.5 Å². The molecule has 0 spiro atoms. The molecule has 146 valence electrons. The van der Waals surface area contributed by atoms with Crippen molar-refractivity contribution in [2.24, 2.45) is 0 Å². The van der Waals surface area contributed by atoms with Crippen molar-refractivity contribution >= 4 is 34.4 Å². The summed E-state index contributed by atoms with van der Waals surface area (Å²) >= 11 is 1.48. The third-order valence-corrected chi connectivity index (χ3v) is 6.08. The Morgan fingerprint density at radius 2 is 1.82 bits per heavy atom. The van der Waals surface area contributed by atoms with E-state index in [-0.39, 0.29) is 18.4 Å². The molecule has 2 aliphatic rings. The van der Waals surface area contributed by atoms with Crippen LogP contribution in [0.1, 0.15) is 10.4 Å². The molecule has 0 radical (unpaired) electrons. The summed E-state index contributed by atoms with van der Waals surface area (Å²) < 4.78 is 0. The number of nitrogens with zero attached hydrogens (tertiary/aromatic N) is 3. The number of thiophene rings is 1. The maximum Gasteiger partial charge on any atom is 0.282 e. The van der Waals surface area contributed by atoms with Gasteiger partial charge in [0.1, 0.15) is 5.70 Å². The third kappa shape index (κ3) is 3.37. The molecule has 0 aliphatic carbocycles. The predicted molar refractivity (Wildman–Crippen MR) is 110 cm³/mol. The van der Waals surface area contributed by atoms with E-state index >= 15 is 0 Å². The molecule has 7 heteroatoms. The fraction of sp³-hybridized carbons (Fsp3) is 0.333. The average Bonchev–Trinajstić information content (AvgIpc) is 3.29. The van der Waals surface area contributed by atoms with Gasteiger partial charge in [0.05, 0.1) is 17.9 Å². The molecule has 1 aromatic carbocycles. The van der Waals surface area contributed by atoms with Gasteiger partial charge in [0.15, 0.2) is 0 Å². The predicted octanol–water partition coefficient (Wildman–Crippen LogP) is 1.95. The van der Waals surface area contributed by atoms with Crippen molar-refractivity contribution in [1.29, 1.82) is 0 Å². The highest BCUT2D eigenvalue weighted by atomic mass is 32.1. The summed E-state index contributed by atoms with van der Waals surface area (Å²) in [5.41, 5.74) is 2.61. The molecule has 2 aliphatic heterocycles. The molecule has 0 unspecified atom stereocenters. The molecular weight excluding hydrogens is 374 g/mol. The Kier molecular flexibility index (Phi) is 5.30. The number of aliphatic hydroxyl groups excluding tert-OH is 1. The van der Waals surface area contributed by atoms with Crippen LogP contribution in [0.25, 0.3) is 5.57 Å². The Bertz CT molecular complexity index is 915. The SMILES string of the molecule is Cc1cccc(N2C(=O)C(c3cccs3)=C(N3CCN(CCO)CC3)C2=O)c1. The lowest BCUT2D eigenvalue weighted by molar-refractivity contribution is -0.120. The van der Waals surface area contributed by atoms with Gasteiger partial charge in [-0.25, -0.2) is 4.90 Å². The number of hydrogen-bond donors (Lipinski definition) is 1. The van der Waals surface area contributed by atoms with E-state index < -0.39 is 0 Å². The number of rotatable bonds is 5. The Morgan fingerprint density at radius 3 is 2.46 bits per heavy atom. The molecule has 2 amide bonds. The molecule has 0 atom stereocenters. The van der Waals surface area contributed by atoms with Crippen molar-refractivity contribution < 1.29 is 14.7 Å². The van der Waals surface area contributed by atoms with Gasteiger partial charge in [0.2, 0.25) is 0 Å². The van der Waals surface area contributed by atoms with Crippen molar-refractivity contribution in [2.75, 3.05) is 44.2 Å². The summed E-state index contributed by atoms with van der Waals surface area (Å²) in [5, 5.41) is 11.1. The molecule has 3 heterocycles. The summed E-state index contributed by atoms with van der Waals surface area (Å²) in [6.45, 7) is 5.54. The van der Waals surface area contributed by atoms with E-state index in [1.54, 1.807) is 6.07 Å². The first-order valence-electron chi connectivity index (χ1n) is 9.42. The minimum absolute atomic E-state index is 0.127. The standard InChI is InChI=1S/C21H23N3O3S/c1-15-4-2-5-16(14-15)24-20(26)18(17-6-3-13-28-17)19(21(24)27)23-9-7-22(8-10-23)11-12-25/h2-6,13-14,25H,7-12H2,1H3. The zero-order valence-electron chi connectivity index (χ0n) is 15.8. The molecule has 1 aromatic heterocycles. The second-order valence-corrected chi connectivity index (χ2v) is 7.99. The third-order valence-electron chi connectivity index (χ3n) is 5.19. The Balaban J connectivity index is 1.70. The van der Waals surface area contributed by atoms with E-state index in [4.69, 9.17) is 5.11 Å². The molecule has 1 N–H and O–H groups in total. The largest absolute Gasteiger partial charge is 0.395 e. The van der Waals surface area contributed by atoms with Crippen LogP contribution in [0, 0.1) is 6.92 Å². The second-order valence-electron chi connectivity index (χ2n) is 7.04. The Hall–Kier alpha value is -2.48. The number of piperazine rings is 1. The summed E-state index contributed by atoms with van der Waals surface area (Å²) in [4.78, 5) is 33.0. The van der Waals surface area contributed by atoms with Gasteiger partial charge in [-0.15, -0.1) is 11.3 Å². The fourth-order valence-electron chi connectivity index (χ4n) is 3.79. The highest BCUT2D eigenvalue weighted by Gasteiger charge is 2.43. The van der Waals surface area contributed by atoms with Crippen LogP contribution in [0.5, 0.6) is 0 Å². The van der Waals surface area contributed by atoms with Crippen LogP contribution in [-0.2, 0) is 9.59 Å². The van der Waals surface area contributed by atoms with E-state index in [0.29, 0.717) is 36.6 Å². The van der Waals surface area contributed by atoms with Gasteiger partial charge in [-0.1, -0.05) is 18.2 Å². The molecular formula is C21H23N3O3S. The van der Waals surface area contributed by atoms with Crippen molar-refractivity contribution in [3.8, 4) is 0 Å². The number of carbonyl (C=O) groups is 2. The van der Waals surface area contributed by atoms with E-state index in [9.17, 15) is 9.59 Å². The summed E-state index contributed by atoms with van der Waals surface area (Å²) in [6.07, 6.45) is 0. The zero-order valence-corrected chi connectivity index (χ0v) is 16.6. The first-order chi connectivity index (χ1) is 13.6. The molecule has 0 bridgehead atoms. The van der Waals surface area contributed by atoms with Gasteiger partial charge < -0.3 is 10.0 Å². The van der Waals surface area contributed by atoms with Crippen LogP contribution in [0.15, 0.2) is 47.5 Å². The maximum absolute atomic E-state index is 13.4. The van der Waals surface area contributed by atoms with Gasteiger partial charge in [-0.05, 0) is 36.1 Å². The number of aryl methyl sites for hydroxylation is 1. The molecule has 6 nitrogen and oxygen atoms in total. The molecule has 2 aromatic rings. The molecule has 28 heavy (non-hydrogen) atoms. The minimum Gasteiger partial charge on any atom is -0.395 e. The van der Waals surface area contributed by atoms with E-state index in [1.807, 2.05) is 47.5 Å². The Labute approximate surface area is 168 Å². The van der Waals surface area contributed by atoms with Crippen molar-refractivity contribution in [3.05, 3.63) is 57.9 Å². The lowest BCUT2D eigenvalue weighted by atomic mass is 10.1. The number of β-amino-alcohol motifs (C(OH)–C–C–N with tert-alkyl or cyclic N) is 1. The molecule has 4 rings (SSSR count). The highest BCUT2D eigenvalue weighted by molar-refractivity contribution is 7.11. The van der Waals surface area contributed by atoms with Gasteiger partial charge >= 0.3 is 0 Å². The highest BCUT2D eigenvalue weighted by Crippen LogP contribution is 2.36. The van der Waals surface area contributed by atoms with Gasteiger partial charge in [0.25, 0.3) is 11.8 Å². The van der Waals surface area contributed by atoms with Crippen LogP contribution in [0.2, 0.25) is 0 Å². The number of amides is 2. The van der Waals surface area contributed by atoms with Crippen molar-refractivity contribution in [1.82, 2.24) is 9.80 Å².